The molecule has 0 aromatic carbocycles. The fourth-order valence-electron chi connectivity index (χ4n) is 2.44. The Labute approximate surface area is 138 Å². The maximum absolute atomic E-state index is 4.72. The van der Waals surface area contributed by atoms with Crippen LogP contribution in [0.15, 0.2) is 17.4 Å². The van der Waals surface area contributed by atoms with Gasteiger partial charge in [0.2, 0.25) is 0 Å². The number of hydrogen-bond donors (Lipinski definition) is 1. The first-order chi connectivity index (χ1) is 9.00. The molecule has 1 aromatic rings. The Kier molecular flexibility index (Phi) is 6.29. The lowest BCUT2D eigenvalue weighted by atomic mass is 9.93. The summed E-state index contributed by atoms with van der Waals surface area (Å²) in [6, 6.07) is 0. The SMILES string of the molecule is CCNC(=NCc1cnn(C)c1)N1CCC(C)(C)C1.I. The maximum atomic E-state index is 4.72. The van der Waals surface area contributed by atoms with Gasteiger partial charge in [-0.3, -0.25) is 4.68 Å². The number of halogens is 1. The van der Waals surface area contributed by atoms with Gasteiger partial charge in [0.1, 0.15) is 0 Å². The molecule has 1 aliphatic heterocycles. The fourth-order valence-corrected chi connectivity index (χ4v) is 2.44. The molecule has 1 N–H and O–H groups in total. The van der Waals surface area contributed by atoms with Crippen molar-refractivity contribution in [2.45, 2.75) is 33.7 Å². The van der Waals surface area contributed by atoms with Crippen LogP contribution in [0.2, 0.25) is 0 Å². The number of hydrogen-bond acceptors (Lipinski definition) is 2. The molecule has 2 heterocycles. The van der Waals surface area contributed by atoms with E-state index < -0.39 is 0 Å². The molecular formula is C14H26IN5. The number of likely N-dealkylation sites (tertiary alicyclic amines) is 1. The van der Waals surface area contributed by atoms with Gasteiger partial charge in [-0.1, -0.05) is 13.8 Å². The van der Waals surface area contributed by atoms with Crippen molar-refractivity contribution in [2.24, 2.45) is 17.5 Å². The van der Waals surface area contributed by atoms with Crippen LogP contribution in [0, 0.1) is 5.41 Å². The van der Waals surface area contributed by atoms with Gasteiger partial charge in [0.05, 0.1) is 12.7 Å². The summed E-state index contributed by atoms with van der Waals surface area (Å²) in [6.45, 7) is 10.5. The Morgan fingerprint density at radius 2 is 2.25 bits per heavy atom. The van der Waals surface area contributed by atoms with E-state index in [0.29, 0.717) is 12.0 Å². The molecule has 2 rings (SSSR count). The lowest BCUT2D eigenvalue weighted by Crippen LogP contribution is -2.40. The van der Waals surface area contributed by atoms with E-state index in [0.717, 1.165) is 31.2 Å². The quantitative estimate of drug-likeness (QED) is 0.489. The first kappa shape index (κ1) is 17.3. The number of aryl methyl sites for hydroxylation is 1. The third-order valence-corrected chi connectivity index (χ3v) is 3.48. The van der Waals surface area contributed by atoms with E-state index >= 15 is 0 Å². The summed E-state index contributed by atoms with van der Waals surface area (Å²) < 4.78 is 1.82. The second kappa shape index (κ2) is 7.28. The fraction of sp³-hybridized carbons (Fsp3) is 0.714. The van der Waals surface area contributed by atoms with E-state index in [1.54, 1.807) is 0 Å². The van der Waals surface area contributed by atoms with Gasteiger partial charge < -0.3 is 10.2 Å². The molecule has 114 valence electrons. The first-order valence-corrected chi connectivity index (χ1v) is 7.01. The van der Waals surface area contributed by atoms with E-state index in [2.05, 4.69) is 36.1 Å². The Hall–Kier alpha value is -0.790. The Morgan fingerprint density at radius 3 is 2.75 bits per heavy atom. The minimum absolute atomic E-state index is 0. The average Bonchev–Trinajstić information content (AvgIpc) is 2.91. The van der Waals surface area contributed by atoms with Crippen molar-refractivity contribution < 1.29 is 0 Å². The molecule has 20 heavy (non-hydrogen) atoms. The number of guanidine groups is 1. The van der Waals surface area contributed by atoms with Crippen LogP contribution in [0.5, 0.6) is 0 Å². The van der Waals surface area contributed by atoms with Crippen LogP contribution >= 0.6 is 24.0 Å². The van der Waals surface area contributed by atoms with Gasteiger partial charge in [0, 0.05) is 38.4 Å². The Morgan fingerprint density at radius 1 is 1.50 bits per heavy atom. The zero-order valence-corrected chi connectivity index (χ0v) is 15.2. The van der Waals surface area contributed by atoms with Crippen molar-refractivity contribution in [3.63, 3.8) is 0 Å². The summed E-state index contributed by atoms with van der Waals surface area (Å²) in [5, 5.41) is 7.56. The molecule has 0 bridgehead atoms. The molecule has 1 fully saturated rings. The molecule has 5 nitrogen and oxygen atoms in total. The molecule has 1 aromatic heterocycles. The van der Waals surface area contributed by atoms with Crippen LogP contribution in [0.25, 0.3) is 0 Å². The monoisotopic (exact) mass is 391 g/mol. The van der Waals surface area contributed by atoms with Gasteiger partial charge in [-0.05, 0) is 18.8 Å². The molecule has 0 radical (unpaired) electrons. The van der Waals surface area contributed by atoms with Crippen LogP contribution in [0.4, 0.5) is 0 Å². The predicted octanol–water partition coefficient (Wildman–Crippen LogP) is 2.24. The highest BCUT2D eigenvalue weighted by Crippen LogP contribution is 2.28. The largest absolute Gasteiger partial charge is 0.357 e. The van der Waals surface area contributed by atoms with E-state index in [1.807, 2.05) is 24.1 Å². The molecule has 0 aliphatic carbocycles. The van der Waals surface area contributed by atoms with E-state index in [9.17, 15) is 0 Å². The highest BCUT2D eigenvalue weighted by Gasteiger charge is 2.30. The van der Waals surface area contributed by atoms with Crippen molar-refractivity contribution >= 4 is 29.9 Å². The van der Waals surface area contributed by atoms with Crippen molar-refractivity contribution in [3.05, 3.63) is 18.0 Å². The smallest absolute Gasteiger partial charge is 0.194 e. The van der Waals surface area contributed by atoms with Crippen molar-refractivity contribution in [1.29, 1.82) is 0 Å². The minimum Gasteiger partial charge on any atom is -0.357 e. The summed E-state index contributed by atoms with van der Waals surface area (Å²) >= 11 is 0. The number of aromatic nitrogens is 2. The van der Waals surface area contributed by atoms with Gasteiger partial charge in [0.25, 0.3) is 0 Å². The maximum Gasteiger partial charge on any atom is 0.194 e. The standard InChI is InChI=1S/C14H25N5.HI/c1-5-15-13(19-7-6-14(2,3)11-19)16-8-12-9-17-18(4)10-12;/h9-10H,5-8,11H2,1-4H3,(H,15,16);1H. The van der Waals surface area contributed by atoms with Crippen LogP contribution in [-0.2, 0) is 13.6 Å². The van der Waals surface area contributed by atoms with Crippen LogP contribution in [0.1, 0.15) is 32.8 Å². The van der Waals surface area contributed by atoms with Crippen LogP contribution in [0.3, 0.4) is 0 Å². The zero-order chi connectivity index (χ0) is 13.9. The average molecular weight is 391 g/mol. The second-order valence-corrected chi connectivity index (χ2v) is 6.03. The van der Waals surface area contributed by atoms with Gasteiger partial charge >= 0.3 is 0 Å². The summed E-state index contributed by atoms with van der Waals surface area (Å²) in [7, 11) is 1.93. The molecule has 0 saturated carbocycles. The molecule has 0 spiro atoms. The van der Waals surface area contributed by atoms with Gasteiger partial charge in [-0.15, -0.1) is 24.0 Å². The molecule has 1 aliphatic rings. The number of rotatable bonds is 3. The van der Waals surface area contributed by atoms with Gasteiger partial charge in [-0.2, -0.15) is 5.10 Å². The highest BCUT2D eigenvalue weighted by molar-refractivity contribution is 14.0. The summed E-state index contributed by atoms with van der Waals surface area (Å²) in [4.78, 5) is 7.08. The minimum atomic E-state index is 0. The second-order valence-electron chi connectivity index (χ2n) is 6.03. The van der Waals surface area contributed by atoms with E-state index in [-0.39, 0.29) is 24.0 Å². The number of nitrogens with zero attached hydrogens (tertiary/aromatic N) is 4. The first-order valence-electron chi connectivity index (χ1n) is 7.01. The Balaban J connectivity index is 0.00000200. The van der Waals surface area contributed by atoms with Crippen LogP contribution in [-0.4, -0.2) is 40.3 Å². The number of nitrogens with one attached hydrogen (secondary N) is 1. The van der Waals surface area contributed by atoms with Gasteiger partial charge in [0.15, 0.2) is 5.96 Å². The lowest BCUT2D eigenvalue weighted by Gasteiger charge is -2.23. The van der Waals surface area contributed by atoms with Gasteiger partial charge in [-0.25, -0.2) is 4.99 Å². The molecule has 0 unspecified atom stereocenters. The molecule has 1 saturated heterocycles. The summed E-state index contributed by atoms with van der Waals surface area (Å²) in [6.07, 6.45) is 5.12. The summed E-state index contributed by atoms with van der Waals surface area (Å²) in [5.41, 5.74) is 1.54. The molecule has 6 heteroatoms. The predicted molar refractivity (Wildman–Crippen MR) is 93.4 cm³/mol. The third-order valence-electron chi connectivity index (χ3n) is 3.48. The topological polar surface area (TPSA) is 45.5 Å². The lowest BCUT2D eigenvalue weighted by molar-refractivity contribution is 0.370. The third kappa shape index (κ3) is 4.64. The van der Waals surface area contributed by atoms with E-state index in [4.69, 9.17) is 4.99 Å². The van der Waals surface area contributed by atoms with Crippen LogP contribution < -0.4 is 5.32 Å². The number of aliphatic imine (C=N–C) groups is 1. The summed E-state index contributed by atoms with van der Waals surface area (Å²) in [5.74, 6) is 1.02. The van der Waals surface area contributed by atoms with Crippen molar-refractivity contribution in [1.82, 2.24) is 20.0 Å². The highest BCUT2D eigenvalue weighted by atomic mass is 127. The molecular weight excluding hydrogens is 365 g/mol. The normalized spacial score (nSPS) is 18.0. The van der Waals surface area contributed by atoms with E-state index in [1.165, 1.54) is 6.42 Å². The molecule has 0 atom stereocenters. The van der Waals surface area contributed by atoms with Crippen molar-refractivity contribution in [2.75, 3.05) is 19.6 Å². The molecule has 0 amide bonds. The Bertz CT molecular complexity index is 452. The van der Waals surface area contributed by atoms with Crippen molar-refractivity contribution in [3.8, 4) is 0 Å². The zero-order valence-electron chi connectivity index (χ0n) is 12.9.